The standard InChI is InChI=1S/C14H12BrClN2O/c1-9-6-11(8-17-14(9)15)18-13(19)7-10-4-2-3-5-12(10)16/h2-6,8H,7H2,1H3,(H,18,19). The lowest BCUT2D eigenvalue weighted by molar-refractivity contribution is -0.115. The second kappa shape index (κ2) is 6.17. The maximum atomic E-state index is 11.9. The molecule has 0 aliphatic rings. The monoisotopic (exact) mass is 338 g/mol. The lowest BCUT2D eigenvalue weighted by Crippen LogP contribution is -2.14. The van der Waals surface area contributed by atoms with Crippen LogP contribution in [0.3, 0.4) is 0 Å². The van der Waals surface area contributed by atoms with Crippen LogP contribution in [0.2, 0.25) is 5.02 Å². The summed E-state index contributed by atoms with van der Waals surface area (Å²) in [6.45, 7) is 1.92. The molecule has 19 heavy (non-hydrogen) atoms. The molecule has 3 nitrogen and oxygen atoms in total. The van der Waals surface area contributed by atoms with E-state index in [1.54, 1.807) is 12.3 Å². The third kappa shape index (κ3) is 3.78. The van der Waals surface area contributed by atoms with Gasteiger partial charge in [0.25, 0.3) is 0 Å². The zero-order valence-corrected chi connectivity index (χ0v) is 12.6. The summed E-state index contributed by atoms with van der Waals surface area (Å²) in [4.78, 5) is 16.1. The van der Waals surface area contributed by atoms with E-state index in [0.29, 0.717) is 10.7 Å². The maximum Gasteiger partial charge on any atom is 0.228 e. The fourth-order valence-corrected chi connectivity index (χ4v) is 2.07. The number of hydrogen-bond acceptors (Lipinski definition) is 2. The highest BCUT2D eigenvalue weighted by Crippen LogP contribution is 2.18. The van der Waals surface area contributed by atoms with Crippen molar-refractivity contribution >= 4 is 39.1 Å². The van der Waals surface area contributed by atoms with Crippen LogP contribution < -0.4 is 5.32 Å². The van der Waals surface area contributed by atoms with Crippen LogP contribution in [0.5, 0.6) is 0 Å². The van der Waals surface area contributed by atoms with Crippen LogP contribution >= 0.6 is 27.5 Å². The zero-order valence-electron chi connectivity index (χ0n) is 10.3. The Labute approximate surface area is 125 Å². The van der Waals surface area contributed by atoms with Crippen LogP contribution in [0.4, 0.5) is 5.69 Å². The highest BCUT2D eigenvalue weighted by atomic mass is 79.9. The summed E-state index contributed by atoms with van der Waals surface area (Å²) < 4.78 is 0.775. The Morgan fingerprint density at radius 2 is 2.16 bits per heavy atom. The number of benzene rings is 1. The average molecular weight is 340 g/mol. The van der Waals surface area contributed by atoms with Gasteiger partial charge in [0.1, 0.15) is 4.60 Å². The van der Waals surface area contributed by atoms with Crippen molar-refractivity contribution in [1.82, 2.24) is 4.98 Å². The van der Waals surface area contributed by atoms with Crippen LogP contribution in [-0.4, -0.2) is 10.9 Å². The van der Waals surface area contributed by atoms with Crippen LogP contribution in [-0.2, 0) is 11.2 Å². The molecule has 5 heteroatoms. The van der Waals surface area contributed by atoms with Crippen molar-refractivity contribution < 1.29 is 4.79 Å². The van der Waals surface area contributed by atoms with E-state index in [1.165, 1.54) is 0 Å². The molecule has 0 unspecified atom stereocenters. The molecular formula is C14H12BrClN2O. The maximum absolute atomic E-state index is 11.9. The minimum atomic E-state index is -0.114. The van der Waals surface area contributed by atoms with E-state index in [2.05, 4.69) is 26.2 Å². The van der Waals surface area contributed by atoms with Gasteiger partial charge in [-0.1, -0.05) is 29.8 Å². The van der Waals surface area contributed by atoms with Crippen molar-refractivity contribution in [2.24, 2.45) is 0 Å². The predicted molar refractivity (Wildman–Crippen MR) is 80.5 cm³/mol. The molecule has 2 rings (SSSR count). The van der Waals surface area contributed by atoms with E-state index in [9.17, 15) is 4.79 Å². The van der Waals surface area contributed by atoms with Crippen LogP contribution in [0.15, 0.2) is 41.1 Å². The minimum absolute atomic E-state index is 0.114. The van der Waals surface area contributed by atoms with Crippen molar-refractivity contribution in [1.29, 1.82) is 0 Å². The Kier molecular flexibility index (Phi) is 4.56. The third-order valence-corrected chi connectivity index (χ3v) is 3.81. The number of halogens is 2. The molecule has 0 bridgehead atoms. The quantitative estimate of drug-likeness (QED) is 0.859. The summed E-state index contributed by atoms with van der Waals surface area (Å²) >= 11 is 9.34. The Hall–Kier alpha value is -1.39. The number of amides is 1. The molecule has 2 aromatic rings. The molecule has 1 amide bonds. The van der Waals surface area contributed by atoms with E-state index in [4.69, 9.17) is 11.6 Å². The van der Waals surface area contributed by atoms with Crippen molar-refractivity contribution in [2.75, 3.05) is 5.32 Å². The summed E-state index contributed by atoms with van der Waals surface area (Å²) in [5.74, 6) is -0.114. The van der Waals surface area contributed by atoms with Crippen molar-refractivity contribution in [3.8, 4) is 0 Å². The van der Waals surface area contributed by atoms with E-state index in [-0.39, 0.29) is 12.3 Å². The first kappa shape index (κ1) is 14.0. The second-order valence-electron chi connectivity index (χ2n) is 4.15. The van der Waals surface area contributed by atoms with Gasteiger partial charge in [-0.25, -0.2) is 4.98 Å². The first-order chi connectivity index (χ1) is 9.06. The van der Waals surface area contributed by atoms with E-state index in [1.807, 2.05) is 31.2 Å². The fourth-order valence-electron chi connectivity index (χ4n) is 1.65. The normalized spacial score (nSPS) is 10.3. The van der Waals surface area contributed by atoms with Gasteiger partial charge in [-0.2, -0.15) is 0 Å². The molecule has 1 aromatic heterocycles. The number of pyridine rings is 1. The highest BCUT2D eigenvalue weighted by Gasteiger charge is 2.08. The molecule has 0 saturated carbocycles. The van der Waals surface area contributed by atoms with E-state index < -0.39 is 0 Å². The van der Waals surface area contributed by atoms with Crippen LogP contribution in [0.1, 0.15) is 11.1 Å². The van der Waals surface area contributed by atoms with E-state index in [0.717, 1.165) is 15.7 Å². The summed E-state index contributed by atoms with van der Waals surface area (Å²) in [5, 5.41) is 3.40. The Bertz CT molecular complexity index is 616. The number of rotatable bonds is 3. The van der Waals surface area contributed by atoms with Gasteiger partial charge < -0.3 is 5.32 Å². The number of nitrogens with one attached hydrogen (secondary N) is 1. The first-order valence-corrected chi connectivity index (χ1v) is 6.89. The molecule has 1 aromatic carbocycles. The molecule has 98 valence electrons. The average Bonchev–Trinajstić information content (AvgIpc) is 2.37. The lowest BCUT2D eigenvalue weighted by atomic mass is 10.1. The predicted octanol–water partition coefficient (Wildman–Crippen LogP) is 3.99. The number of aromatic nitrogens is 1. The molecule has 0 spiro atoms. The zero-order chi connectivity index (χ0) is 13.8. The summed E-state index contributed by atoms with van der Waals surface area (Å²) in [6, 6.07) is 9.18. The molecular weight excluding hydrogens is 328 g/mol. The molecule has 0 aliphatic carbocycles. The van der Waals surface area contributed by atoms with Gasteiger partial charge >= 0.3 is 0 Å². The molecule has 0 fully saturated rings. The molecule has 1 N–H and O–H groups in total. The smallest absolute Gasteiger partial charge is 0.228 e. The first-order valence-electron chi connectivity index (χ1n) is 5.71. The summed E-state index contributed by atoms with van der Waals surface area (Å²) in [6.07, 6.45) is 1.86. The lowest BCUT2D eigenvalue weighted by Gasteiger charge is -2.07. The van der Waals surface area contributed by atoms with Gasteiger partial charge in [0.05, 0.1) is 18.3 Å². The number of anilines is 1. The Morgan fingerprint density at radius 3 is 2.84 bits per heavy atom. The topological polar surface area (TPSA) is 42.0 Å². The minimum Gasteiger partial charge on any atom is -0.324 e. The van der Waals surface area contributed by atoms with Gasteiger partial charge in [-0.05, 0) is 46.1 Å². The van der Waals surface area contributed by atoms with Crippen molar-refractivity contribution in [3.63, 3.8) is 0 Å². The summed E-state index contributed by atoms with van der Waals surface area (Å²) in [7, 11) is 0. The van der Waals surface area contributed by atoms with Crippen LogP contribution in [0.25, 0.3) is 0 Å². The van der Waals surface area contributed by atoms with Gasteiger partial charge in [-0.15, -0.1) is 0 Å². The fraction of sp³-hybridized carbons (Fsp3) is 0.143. The number of hydrogen-bond donors (Lipinski definition) is 1. The third-order valence-electron chi connectivity index (χ3n) is 2.61. The molecule has 0 radical (unpaired) electrons. The molecule has 0 atom stereocenters. The number of aryl methyl sites for hydroxylation is 1. The van der Waals surface area contributed by atoms with Gasteiger partial charge in [0.2, 0.25) is 5.91 Å². The number of carbonyl (C=O) groups excluding carboxylic acids is 1. The summed E-state index contributed by atoms with van der Waals surface area (Å²) in [5.41, 5.74) is 2.46. The number of nitrogens with zero attached hydrogens (tertiary/aromatic N) is 1. The van der Waals surface area contributed by atoms with Gasteiger partial charge in [-0.3, -0.25) is 4.79 Å². The highest BCUT2D eigenvalue weighted by molar-refractivity contribution is 9.10. The second-order valence-corrected chi connectivity index (χ2v) is 5.31. The Balaban J connectivity index is 2.05. The Morgan fingerprint density at radius 1 is 1.42 bits per heavy atom. The number of carbonyl (C=O) groups is 1. The SMILES string of the molecule is Cc1cc(NC(=O)Cc2ccccc2Cl)cnc1Br. The van der Waals surface area contributed by atoms with Crippen LogP contribution in [0, 0.1) is 6.92 Å². The van der Waals surface area contributed by atoms with Crippen molar-refractivity contribution in [3.05, 3.63) is 57.3 Å². The van der Waals surface area contributed by atoms with Gasteiger partial charge in [0, 0.05) is 5.02 Å². The van der Waals surface area contributed by atoms with E-state index >= 15 is 0 Å². The molecule has 1 heterocycles. The molecule has 0 saturated heterocycles. The largest absolute Gasteiger partial charge is 0.324 e. The van der Waals surface area contributed by atoms with Crippen molar-refractivity contribution in [2.45, 2.75) is 13.3 Å². The molecule has 0 aliphatic heterocycles. The van der Waals surface area contributed by atoms with Gasteiger partial charge in [0.15, 0.2) is 0 Å².